The first-order valence-electron chi connectivity index (χ1n) is 8.11. The Hall–Kier alpha value is -2.93. The fourth-order valence-electron chi connectivity index (χ4n) is 3.28. The fraction of sp³-hybridized carbons (Fsp3) is 0.222. The van der Waals surface area contributed by atoms with Crippen LogP contribution in [0, 0.1) is 5.82 Å². The highest BCUT2D eigenvalue weighted by atomic mass is 19.1. The summed E-state index contributed by atoms with van der Waals surface area (Å²) in [5.41, 5.74) is 6.29. The minimum Gasteiger partial charge on any atom is -0.358 e. The molecular weight excluding hydrogens is 321 g/mol. The average molecular weight is 339 g/mol. The molecule has 0 aliphatic carbocycles. The number of benzene rings is 1. The number of halogens is 1. The van der Waals surface area contributed by atoms with Gasteiger partial charge in [-0.1, -0.05) is 6.58 Å². The van der Waals surface area contributed by atoms with Gasteiger partial charge in [0.2, 0.25) is 5.95 Å². The van der Waals surface area contributed by atoms with Crippen molar-refractivity contribution in [3.63, 3.8) is 0 Å². The summed E-state index contributed by atoms with van der Waals surface area (Å²) >= 11 is 0. The van der Waals surface area contributed by atoms with Gasteiger partial charge >= 0.3 is 0 Å². The van der Waals surface area contributed by atoms with Crippen molar-refractivity contribution in [2.24, 2.45) is 0 Å². The summed E-state index contributed by atoms with van der Waals surface area (Å²) in [6.45, 7) is 5.20. The van der Waals surface area contributed by atoms with E-state index in [1.54, 1.807) is 24.5 Å². The minimum atomic E-state index is -0.216. The normalized spacial score (nSPS) is 14.2. The molecule has 6 nitrogen and oxygen atoms in total. The van der Waals surface area contributed by atoms with Crippen LogP contribution < -0.4 is 10.4 Å². The third kappa shape index (κ3) is 2.83. The molecule has 0 atom stereocenters. The molecule has 0 fully saturated rings. The number of H-pyrrole nitrogens is 1. The monoisotopic (exact) mass is 339 g/mol. The fourth-order valence-corrected chi connectivity index (χ4v) is 3.28. The Labute approximate surface area is 144 Å². The Kier molecular flexibility index (Phi) is 3.85. The largest absolute Gasteiger partial charge is 0.358 e. The van der Waals surface area contributed by atoms with Gasteiger partial charge in [0.1, 0.15) is 5.82 Å². The predicted molar refractivity (Wildman–Crippen MR) is 93.9 cm³/mol. The molecule has 1 aliphatic rings. The van der Waals surface area contributed by atoms with Gasteiger partial charge in [0.15, 0.2) is 0 Å². The second kappa shape index (κ2) is 6.18. The Morgan fingerprint density at radius 3 is 2.76 bits per heavy atom. The molecule has 3 N–H and O–H groups in total. The molecule has 0 saturated heterocycles. The highest BCUT2D eigenvalue weighted by Gasteiger charge is 2.20. The van der Waals surface area contributed by atoms with E-state index in [0.29, 0.717) is 17.2 Å². The van der Waals surface area contributed by atoms with E-state index in [1.165, 1.54) is 11.6 Å². The van der Waals surface area contributed by atoms with E-state index in [4.69, 9.17) is 5.21 Å². The smallest absolute Gasteiger partial charge is 0.225 e. The van der Waals surface area contributed by atoms with Crippen LogP contribution in [0.15, 0.2) is 37.2 Å². The molecule has 0 bridgehead atoms. The van der Waals surface area contributed by atoms with Crippen LogP contribution in [0.25, 0.3) is 16.6 Å². The Balaban J connectivity index is 1.57. The van der Waals surface area contributed by atoms with Crippen LogP contribution in [0.1, 0.15) is 16.8 Å². The molecule has 3 aromatic rings. The zero-order valence-electron chi connectivity index (χ0n) is 13.6. The third-order valence-corrected chi connectivity index (χ3v) is 4.62. The number of anilines is 1. The lowest BCUT2D eigenvalue weighted by Gasteiger charge is -2.20. The molecular formula is C18H18FN5O. The van der Waals surface area contributed by atoms with Gasteiger partial charge < -0.3 is 9.88 Å². The van der Waals surface area contributed by atoms with Crippen molar-refractivity contribution in [1.82, 2.24) is 20.4 Å². The number of fused-ring (bicyclic) bond motifs is 3. The van der Waals surface area contributed by atoms with Gasteiger partial charge in [-0.05, 0) is 30.2 Å². The number of hydrogen-bond donors (Lipinski definition) is 3. The van der Waals surface area contributed by atoms with Gasteiger partial charge in [0.05, 0.1) is 5.70 Å². The van der Waals surface area contributed by atoms with Crippen molar-refractivity contribution in [3.05, 3.63) is 59.8 Å². The number of hydrogen-bond acceptors (Lipinski definition) is 5. The zero-order chi connectivity index (χ0) is 17.4. The van der Waals surface area contributed by atoms with Crippen LogP contribution in [-0.4, -0.2) is 33.2 Å². The van der Waals surface area contributed by atoms with Crippen molar-refractivity contribution in [1.29, 1.82) is 0 Å². The highest BCUT2D eigenvalue weighted by Crippen LogP contribution is 2.27. The van der Waals surface area contributed by atoms with Gasteiger partial charge in [-0.3, -0.25) is 10.7 Å². The highest BCUT2D eigenvalue weighted by molar-refractivity contribution is 5.85. The van der Waals surface area contributed by atoms with Crippen molar-refractivity contribution in [3.8, 4) is 0 Å². The summed E-state index contributed by atoms with van der Waals surface area (Å²) in [6.07, 6.45) is 4.88. The Morgan fingerprint density at radius 1 is 1.24 bits per heavy atom. The molecule has 0 amide bonds. The first-order chi connectivity index (χ1) is 12.2. The third-order valence-electron chi connectivity index (χ3n) is 4.62. The van der Waals surface area contributed by atoms with Gasteiger partial charge in [-0.25, -0.2) is 14.4 Å². The summed E-state index contributed by atoms with van der Waals surface area (Å²) in [4.78, 5) is 14.3. The van der Waals surface area contributed by atoms with Crippen LogP contribution >= 0.6 is 0 Å². The second-order valence-corrected chi connectivity index (χ2v) is 6.12. The molecule has 3 heterocycles. The van der Waals surface area contributed by atoms with Crippen molar-refractivity contribution >= 4 is 22.5 Å². The number of aromatic nitrogens is 3. The number of aromatic amines is 1. The SMILES string of the molecule is C=C(NO)c1cnc(N2CCc3[nH]c4ccc(F)cc4c3CC2)nc1. The minimum absolute atomic E-state index is 0.216. The lowest BCUT2D eigenvalue weighted by atomic mass is 10.1. The van der Waals surface area contributed by atoms with E-state index in [1.807, 2.05) is 5.48 Å². The summed E-state index contributed by atoms with van der Waals surface area (Å²) < 4.78 is 13.6. The van der Waals surface area contributed by atoms with Crippen LogP contribution in [0.2, 0.25) is 0 Å². The number of nitrogens with one attached hydrogen (secondary N) is 2. The Morgan fingerprint density at radius 2 is 2.00 bits per heavy atom. The van der Waals surface area contributed by atoms with E-state index in [9.17, 15) is 4.39 Å². The average Bonchev–Trinajstić information content (AvgIpc) is 2.84. The van der Waals surface area contributed by atoms with E-state index in [-0.39, 0.29) is 5.82 Å². The molecule has 7 heteroatoms. The molecule has 1 aliphatic heterocycles. The van der Waals surface area contributed by atoms with Gasteiger partial charge in [-0.15, -0.1) is 0 Å². The number of hydroxylamine groups is 1. The standard InChI is InChI=1S/C18H18FN5O/c1-11(23-25)12-9-20-18(21-10-12)24-6-4-14-15-8-13(19)2-3-16(15)22-17(14)5-7-24/h2-3,8-10,22-23,25H,1,4-7H2. The van der Waals surface area contributed by atoms with Crippen LogP contribution in [0.4, 0.5) is 10.3 Å². The van der Waals surface area contributed by atoms with E-state index in [0.717, 1.165) is 42.5 Å². The van der Waals surface area contributed by atoms with Crippen molar-refractivity contribution in [2.45, 2.75) is 12.8 Å². The number of nitrogens with zero attached hydrogens (tertiary/aromatic N) is 3. The van der Waals surface area contributed by atoms with Gasteiger partial charge in [0, 0.05) is 54.1 Å². The first kappa shape index (κ1) is 15.6. The quantitative estimate of drug-likeness (QED) is 0.640. The number of rotatable bonds is 3. The summed E-state index contributed by atoms with van der Waals surface area (Å²) in [6, 6.07) is 4.87. The molecule has 0 radical (unpaired) electrons. The molecule has 128 valence electrons. The van der Waals surface area contributed by atoms with Gasteiger partial charge in [-0.2, -0.15) is 0 Å². The summed E-state index contributed by atoms with van der Waals surface area (Å²) in [5, 5.41) is 9.84. The molecule has 0 spiro atoms. The van der Waals surface area contributed by atoms with E-state index in [2.05, 4.69) is 26.4 Å². The predicted octanol–water partition coefficient (Wildman–Crippen LogP) is 2.65. The second-order valence-electron chi connectivity index (χ2n) is 6.12. The van der Waals surface area contributed by atoms with Crippen LogP contribution in [-0.2, 0) is 12.8 Å². The molecule has 2 aromatic heterocycles. The summed E-state index contributed by atoms with van der Waals surface area (Å²) in [5.74, 6) is 0.419. The zero-order valence-corrected chi connectivity index (χ0v) is 13.6. The summed E-state index contributed by atoms with van der Waals surface area (Å²) in [7, 11) is 0. The topological polar surface area (TPSA) is 77.1 Å². The van der Waals surface area contributed by atoms with Crippen molar-refractivity contribution < 1.29 is 9.60 Å². The maximum absolute atomic E-state index is 13.6. The van der Waals surface area contributed by atoms with Crippen LogP contribution in [0.3, 0.4) is 0 Å². The maximum atomic E-state index is 13.6. The maximum Gasteiger partial charge on any atom is 0.225 e. The lowest BCUT2D eigenvalue weighted by molar-refractivity contribution is 0.225. The lowest BCUT2D eigenvalue weighted by Crippen LogP contribution is -2.28. The first-order valence-corrected chi connectivity index (χ1v) is 8.11. The van der Waals surface area contributed by atoms with E-state index < -0.39 is 0 Å². The Bertz CT molecular complexity index is 935. The van der Waals surface area contributed by atoms with Crippen LogP contribution in [0.5, 0.6) is 0 Å². The molecule has 0 saturated carbocycles. The molecule has 0 unspecified atom stereocenters. The molecule has 1 aromatic carbocycles. The molecule has 25 heavy (non-hydrogen) atoms. The molecule has 4 rings (SSSR count). The van der Waals surface area contributed by atoms with Gasteiger partial charge in [0.25, 0.3) is 0 Å². The van der Waals surface area contributed by atoms with Crippen molar-refractivity contribution in [2.75, 3.05) is 18.0 Å². The van der Waals surface area contributed by atoms with E-state index >= 15 is 0 Å².